The van der Waals surface area contributed by atoms with Crippen LogP contribution >= 0.6 is 0 Å². The average molecular weight is 128 g/mol. The third-order valence-corrected chi connectivity index (χ3v) is 1.15. The van der Waals surface area contributed by atoms with E-state index in [4.69, 9.17) is 5.11 Å². The maximum Gasteiger partial charge on any atom is 0.331 e. The van der Waals surface area contributed by atoms with Gasteiger partial charge in [0.15, 0.2) is 0 Å². The van der Waals surface area contributed by atoms with Gasteiger partial charge in [-0.25, -0.2) is 4.79 Å². The van der Waals surface area contributed by atoms with Crippen molar-refractivity contribution in [2.45, 2.75) is 19.1 Å². The van der Waals surface area contributed by atoms with Gasteiger partial charge < -0.3 is 9.84 Å². The Balaban J connectivity index is 2.50. The van der Waals surface area contributed by atoms with E-state index in [1.807, 2.05) is 0 Å². The van der Waals surface area contributed by atoms with Gasteiger partial charge in [-0.15, -0.1) is 0 Å². The molecule has 0 aromatic heterocycles. The zero-order valence-corrected chi connectivity index (χ0v) is 5.07. The third-order valence-electron chi connectivity index (χ3n) is 1.15. The van der Waals surface area contributed by atoms with Crippen LogP contribution in [-0.2, 0) is 9.53 Å². The van der Waals surface area contributed by atoms with Gasteiger partial charge in [-0.3, -0.25) is 0 Å². The summed E-state index contributed by atoms with van der Waals surface area (Å²) < 4.78 is 4.62. The lowest BCUT2D eigenvalue weighted by molar-refractivity contribution is -0.142. The van der Waals surface area contributed by atoms with Crippen LogP contribution in [0.15, 0.2) is 12.2 Å². The molecule has 9 heavy (non-hydrogen) atoms. The molecule has 1 N–H and O–H groups in total. The largest absolute Gasteiger partial charge is 0.452 e. The zero-order valence-electron chi connectivity index (χ0n) is 5.07. The number of aliphatic hydroxyl groups is 1. The Morgan fingerprint density at radius 2 is 2.56 bits per heavy atom. The van der Waals surface area contributed by atoms with E-state index in [2.05, 4.69) is 4.74 Å². The van der Waals surface area contributed by atoms with Crippen molar-refractivity contribution >= 4 is 5.97 Å². The van der Waals surface area contributed by atoms with E-state index in [0.29, 0.717) is 0 Å². The van der Waals surface area contributed by atoms with Crippen LogP contribution in [0, 0.1) is 0 Å². The summed E-state index contributed by atoms with van der Waals surface area (Å²) >= 11 is 0. The van der Waals surface area contributed by atoms with Crippen molar-refractivity contribution in [3.05, 3.63) is 12.2 Å². The fourth-order valence-corrected chi connectivity index (χ4v) is 0.645. The van der Waals surface area contributed by atoms with Gasteiger partial charge in [-0.1, -0.05) is 0 Å². The quantitative estimate of drug-likeness (QED) is 0.499. The predicted molar refractivity (Wildman–Crippen MR) is 30.7 cm³/mol. The van der Waals surface area contributed by atoms with E-state index in [0.717, 1.165) is 0 Å². The summed E-state index contributed by atoms with van der Waals surface area (Å²) in [7, 11) is 0. The van der Waals surface area contributed by atoms with Gasteiger partial charge in [0.25, 0.3) is 0 Å². The number of carbonyl (C=O) groups excluding carboxylic acids is 1. The number of cyclic esters (lactones) is 1. The van der Waals surface area contributed by atoms with Crippen molar-refractivity contribution in [1.29, 1.82) is 0 Å². The molecule has 0 spiro atoms. The van der Waals surface area contributed by atoms with Crippen molar-refractivity contribution in [2.24, 2.45) is 0 Å². The van der Waals surface area contributed by atoms with Gasteiger partial charge in [0.1, 0.15) is 6.10 Å². The summed E-state index contributed by atoms with van der Waals surface area (Å²) in [6, 6.07) is 0. The normalized spacial score (nSPS) is 28.2. The lowest BCUT2D eigenvalue weighted by Crippen LogP contribution is -2.21. The van der Waals surface area contributed by atoms with Gasteiger partial charge >= 0.3 is 5.97 Å². The number of rotatable bonds is 1. The molecule has 1 aliphatic heterocycles. The Hall–Kier alpha value is -0.830. The van der Waals surface area contributed by atoms with E-state index in [-0.39, 0.29) is 5.97 Å². The highest BCUT2D eigenvalue weighted by molar-refractivity contribution is 5.84. The molecule has 2 unspecified atom stereocenters. The molecule has 1 heterocycles. The van der Waals surface area contributed by atoms with Crippen LogP contribution in [0.5, 0.6) is 0 Å². The van der Waals surface area contributed by atoms with Gasteiger partial charge in [0.05, 0.1) is 6.10 Å². The van der Waals surface area contributed by atoms with Crippen LogP contribution in [0.2, 0.25) is 0 Å². The lowest BCUT2D eigenvalue weighted by atomic mass is 10.2. The molecular formula is C6H8O3. The highest BCUT2D eigenvalue weighted by Crippen LogP contribution is 2.08. The smallest absolute Gasteiger partial charge is 0.331 e. The SMILES string of the molecule is CC(O)C1C=CC(=O)O1. The number of carbonyl (C=O) groups is 1. The van der Waals surface area contributed by atoms with Gasteiger partial charge in [-0.05, 0) is 13.0 Å². The molecule has 0 bridgehead atoms. The number of ether oxygens (including phenoxy) is 1. The van der Waals surface area contributed by atoms with Crippen LogP contribution in [-0.4, -0.2) is 23.3 Å². The van der Waals surface area contributed by atoms with Crippen molar-refractivity contribution in [1.82, 2.24) is 0 Å². The highest BCUT2D eigenvalue weighted by Gasteiger charge is 2.20. The Kier molecular flexibility index (Phi) is 1.53. The van der Waals surface area contributed by atoms with Crippen molar-refractivity contribution in [3.8, 4) is 0 Å². The van der Waals surface area contributed by atoms with Crippen LogP contribution in [0.1, 0.15) is 6.92 Å². The molecule has 2 atom stereocenters. The lowest BCUT2D eigenvalue weighted by Gasteiger charge is -2.09. The van der Waals surface area contributed by atoms with E-state index < -0.39 is 12.2 Å². The van der Waals surface area contributed by atoms with E-state index >= 15 is 0 Å². The molecule has 3 heteroatoms. The fourth-order valence-electron chi connectivity index (χ4n) is 0.645. The van der Waals surface area contributed by atoms with E-state index in [1.165, 1.54) is 6.08 Å². The predicted octanol–water partition coefficient (Wildman–Crippen LogP) is -0.151. The van der Waals surface area contributed by atoms with Crippen molar-refractivity contribution in [3.63, 3.8) is 0 Å². The summed E-state index contributed by atoms with van der Waals surface area (Å²) in [5, 5.41) is 8.84. The first kappa shape index (κ1) is 6.29. The van der Waals surface area contributed by atoms with Crippen LogP contribution < -0.4 is 0 Å². The monoisotopic (exact) mass is 128 g/mol. The summed E-state index contributed by atoms with van der Waals surface area (Å²) in [5.41, 5.74) is 0. The Labute approximate surface area is 52.9 Å². The molecule has 0 fully saturated rings. The molecule has 0 saturated heterocycles. The average Bonchev–Trinajstić information content (AvgIpc) is 2.14. The minimum Gasteiger partial charge on any atom is -0.452 e. The minimum atomic E-state index is -0.604. The second-order valence-corrected chi connectivity index (χ2v) is 2.00. The zero-order chi connectivity index (χ0) is 6.85. The minimum absolute atomic E-state index is 0.374. The van der Waals surface area contributed by atoms with Crippen LogP contribution in [0.4, 0.5) is 0 Å². The van der Waals surface area contributed by atoms with E-state index in [9.17, 15) is 4.79 Å². The van der Waals surface area contributed by atoms with Crippen LogP contribution in [0.3, 0.4) is 0 Å². The first-order valence-electron chi connectivity index (χ1n) is 2.77. The number of hydrogen-bond acceptors (Lipinski definition) is 3. The molecule has 0 aliphatic carbocycles. The second kappa shape index (κ2) is 2.19. The highest BCUT2D eigenvalue weighted by atomic mass is 16.6. The standard InChI is InChI=1S/C6H8O3/c1-4(7)5-2-3-6(8)9-5/h2-5,7H,1H3. The molecule has 0 aromatic carbocycles. The summed E-state index contributed by atoms with van der Waals surface area (Å²) in [6.07, 6.45) is 1.83. The molecule has 0 saturated carbocycles. The molecule has 0 aromatic rings. The molecule has 1 rings (SSSR count). The van der Waals surface area contributed by atoms with Gasteiger partial charge in [-0.2, -0.15) is 0 Å². The summed E-state index contributed by atoms with van der Waals surface area (Å²) in [5.74, 6) is -0.374. The van der Waals surface area contributed by atoms with Gasteiger partial charge in [0, 0.05) is 6.08 Å². The second-order valence-electron chi connectivity index (χ2n) is 2.00. The number of esters is 1. The van der Waals surface area contributed by atoms with Crippen molar-refractivity contribution in [2.75, 3.05) is 0 Å². The number of hydrogen-bond donors (Lipinski definition) is 1. The van der Waals surface area contributed by atoms with Gasteiger partial charge in [0.2, 0.25) is 0 Å². The summed E-state index contributed by atoms with van der Waals surface area (Å²) in [6.45, 7) is 1.58. The maximum absolute atomic E-state index is 10.3. The fraction of sp³-hybridized carbons (Fsp3) is 0.500. The van der Waals surface area contributed by atoms with E-state index in [1.54, 1.807) is 13.0 Å². The first-order valence-corrected chi connectivity index (χ1v) is 2.77. The number of aliphatic hydroxyl groups excluding tert-OH is 1. The first-order chi connectivity index (χ1) is 4.20. The van der Waals surface area contributed by atoms with Crippen molar-refractivity contribution < 1.29 is 14.6 Å². The molecule has 0 radical (unpaired) electrons. The maximum atomic E-state index is 10.3. The molecule has 50 valence electrons. The Morgan fingerprint density at radius 3 is 2.78 bits per heavy atom. The van der Waals surface area contributed by atoms with Crippen LogP contribution in [0.25, 0.3) is 0 Å². The molecule has 1 aliphatic rings. The Bertz CT molecular complexity index is 148. The topological polar surface area (TPSA) is 46.5 Å². The Morgan fingerprint density at radius 1 is 1.89 bits per heavy atom. The molecule has 3 nitrogen and oxygen atoms in total. The summed E-state index contributed by atoms with van der Waals surface area (Å²) in [4.78, 5) is 10.3. The molecular weight excluding hydrogens is 120 g/mol. The third kappa shape index (κ3) is 1.29. The molecule has 0 amide bonds.